The van der Waals surface area contributed by atoms with Crippen LogP contribution in [0.1, 0.15) is 36.9 Å². The van der Waals surface area contributed by atoms with Crippen molar-refractivity contribution in [3.63, 3.8) is 0 Å². The van der Waals surface area contributed by atoms with E-state index < -0.39 is 23.8 Å². The summed E-state index contributed by atoms with van der Waals surface area (Å²) in [7, 11) is 0. The lowest BCUT2D eigenvalue weighted by atomic mass is 9.97. The molecule has 3 N–H and O–H groups in total. The lowest BCUT2D eigenvalue weighted by Crippen LogP contribution is -2.27. The van der Waals surface area contributed by atoms with Crippen LogP contribution < -0.4 is 5.73 Å². The average Bonchev–Trinajstić information content (AvgIpc) is 2.26. The maximum absolute atomic E-state index is 13.5. The van der Waals surface area contributed by atoms with E-state index in [1.165, 1.54) is 19.1 Å². The Kier molecular flexibility index (Phi) is 6.60. The topological polar surface area (TPSA) is 46.2 Å². The third kappa shape index (κ3) is 3.63. The highest BCUT2D eigenvalue weighted by atomic mass is 35.5. The molecule has 0 bridgehead atoms. The van der Waals surface area contributed by atoms with Gasteiger partial charge in [-0.25, -0.2) is 8.78 Å². The van der Waals surface area contributed by atoms with Gasteiger partial charge in [0, 0.05) is 5.56 Å². The van der Waals surface area contributed by atoms with Crippen LogP contribution in [-0.2, 0) is 0 Å². The molecule has 0 spiro atoms. The van der Waals surface area contributed by atoms with Gasteiger partial charge in [0.15, 0.2) is 11.6 Å². The average molecular weight is 266 g/mol. The highest BCUT2D eigenvalue weighted by Crippen LogP contribution is 2.23. The van der Waals surface area contributed by atoms with Crippen LogP contribution in [-0.4, -0.2) is 11.2 Å². The zero-order chi connectivity index (χ0) is 12.3. The van der Waals surface area contributed by atoms with E-state index in [2.05, 4.69) is 0 Å². The van der Waals surface area contributed by atoms with Crippen molar-refractivity contribution >= 4 is 12.4 Å². The lowest BCUT2D eigenvalue weighted by Gasteiger charge is -2.19. The van der Waals surface area contributed by atoms with Gasteiger partial charge in [0.1, 0.15) is 0 Å². The van der Waals surface area contributed by atoms with Crippen molar-refractivity contribution in [3.05, 3.63) is 34.9 Å². The number of aryl methyl sites for hydroxylation is 1. The molecule has 0 aromatic heterocycles. The fraction of sp³-hybridized carbons (Fsp3) is 0.500. The first kappa shape index (κ1) is 16.3. The minimum Gasteiger partial charge on any atom is -0.391 e. The molecule has 0 saturated carbocycles. The minimum absolute atomic E-state index is 0. The smallest absolute Gasteiger partial charge is 0.163 e. The molecule has 2 nitrogen and oxygen atoms in total. The molecule has 1 rings (SSSR count). The van der Waals surface area contributed by atoms with Crippen LogP contribution in [0.15, 0.2) is 12.1 Å². The largest absolute Gasteiger partial charge is 0.391 e. The van der Waals surface area contributed by atoms with Crippen LogP contribution in [0, 0.1) is 18.6 Å². The van der Waals surface area contributed by atoms with E-state index >= 15 is 0 Å². The van der Waals surface area contributed by atoms with Gasteiger partial charge in [-0.1, -0.05) is 25.5 Å². The van der Waals surface area contributed by atoms with Crippen molar-refractivity contribution in [1.82, 2.24) is 0 Å². The number of hydrogen-bond acceptors (Lipinski definition) is 2. The van der Waals surface area contributed by atoms with Gasteiger partial charge in [-0.05, 0) is 18.9 Å². The maximum Gasteiger partial charge on any atom is 0.163 e. The van der Waals surface area contributed by atoms with Crippen LogP contribution in [0.4, 0.5) is 8.78 Å². The number of aliphatic hydroxyl groups is 1. The second-order valence-electron chi connectivity index (χ2n) is 3.98. The molecule has 0 fully saturated rings. The standard InChI is InChI=1S/C12H17F2NO.ClH/c1-3-4-9(16)12(15)8-6-5-7(2)10(13)11(8)14;/h5-6,9,12,16H,3-4,15H2,1-2H3;1H/t9-,12+;/m0./s1. The summed E-state index contributed by atoms with van der Waals surface area (Å²) in [5.41, 5.74) is 5.95. The zero-order valence-electron chi connectivity index (χ0n) is 9.91. The van der Waals surface area contributed by atoms with Gasteiger partial charge in [0.25, 0.3) is 0 Å². The fourth-order valence-corrected chi connectivity index (χ4v) is 1.60. The summed E-state index contributed by atoms with van der Waals surface area (Å²) in [5.74, 6) is -1.85. The summed E-state index contributed by atoms with van der Waals surface area (Å²) >= 11 is 0. The van der Waals surface area contributed by atoms with Crippen LogP contribution in [0.25, 0.3) is 0 Å². The Labute approximate surface area is 106 Å². The van der Waals surface area contributed by atoms with E-state index in [9.17, 15) is 13.9 Å². The molecule has 2 atom stereocenters. The minimum atomic E-state index is -0.956. The van der Waals surface area contributed by atoms with Crippen molar-refractivity contribution < 1.29 is 13.9 Å². The molecule has 0 aliphatic heterocycles. The number of hydrogen-bond donors (Lipinski definition) is 2. The molecular weight excluding hydrogens is 248 g/mol. The monoisotopic (exact) mass is 265 g/mol. The molecule has 0 saturated heterocycles. The second kappa shape index (κ2) is 6.89. The van der Waals surface area contributed by atoms with E-state index in [0.717, 1.165) is 6.42 Å². The van der Waals surface area contributed by atoms with E-state index in [0.29, 0.717) is 6.42 Å². The quantitative estimate of drug-likeness (QED) is 0.879. The van der Waals surface area contributed by atoms with Crippen molar-refractivity contribution in [2.24, 2.45) is 5.73 Å². The summed E-state index contributed by atoms with van der Waals surface area (Å²) in [5, 5.41) is 9.64. The number of aliphatic hydroxyl groups excluding tert-OH is 1. The Hall–Kier alpha value is -0.710. The van der Waals surface area contributed by atoms with Crippen LogP contribution in [0.3, 0.4) is 0 Å². The van der Waals surface area contributed by atoms with Crippen molar-refractivity contribution in [2.45, 2.75) is 38.8 Å². The third-order valence-electron chi connectivity index (χ3n) is 2.66. The maximum atomic E-state index is 13.5. The number of rotatable bonds is 4. The van der Waals surface area contributed by atoms with E-state index in [1.54, 1.807) is 0 Å². The van der Waals surface area contributed by atoms with Gasteiger partial charge in [0.05, 0.1) is 12.1 Å². The molecule has 1 aromatic rings. The third-order valence-corrected chi connectivity index (χ3v) is 2.66. The summed E-state index contributed by atoms with van der Waals surface area (Å²) < 4.78 is 26.8. The Morgan fingerprint density at radius 3 is 2.41 bits per heavy atom. The highest BCUT2D eigenvalue weighted by molar-refractivity contribution is 5.85. The summed E-state index contributed by atoms with van der Waals surface area (Å²) in [6.07, 6.45) is 0.364. The summed E-state index contributed by atoms with van der Waals surface area (Å²) in [6, 6.07) is 2.01. The van der Waals surface area contributed by atoms with Gasteiger partial charge < -0.3 is 10.8 Å². The van der Waals surface area contributed by atoms with Gasteiger partial charge in [-0.15, -0.1) is 12.4 Å². The summed E-state index contributed by atoms with van der Waals surface area (Å²) in [6.45, 7) is 3.37. The highest BCUT2D eigenvalue weighted by Gasteiger charge is 2.21. The Bertz CT molecular complexity index is 374. The number of nitrogens with two attached hydrogens (primary N) is 1. The van der Waals surface area contributed by atoms with E-state index in [1.807, 2.05) is 6.92 Å². The van der Waals surface area contributed by atoms with Crippen LogP contribution in [0.2, 0.25) is 0 Å². The predicted octanol–water partition coefficient (Wildman–Crippen LogP) is 2.86. The second-order valence-corrected chi connectivity index (χ2v) is 3.98. The number of halogens is 3. The summed E-state index contributed by atoms with van der Waals surface area (Å²) in [4.78, 5) is 0. The van der Waals surface area contributed by atoms with E-state index in [4.69, 9.17) is 5.73 Å². The van der Waals surface area contributed by atoms with Gasteiger partial charge >= 0.3 is 0 Å². The zero-order valence-corrected chi connectivity index (χ0v) is 10.7. The van der Waals surface area contributed by atoms with Crippen molar-refractivity contribution in [3.8, 4) is 0 Å². The van der Waals surface area contributed by atoms with Crippen molar-refractivity contribution in [2.75, 3.05) is 0 Å². The van der Waals surface area contributed by atoms with Crippen LogP contribution in [0.5, 0.6) is 0 Å². The first-order valence-electron chi connectivity index (χ1n) is 5.37. The predicted molar refractivity (Wildman–Crippen MR) is 66.2 cm³/mol. The van der Waals surface area contributed by atoms with Crippen LogP contribution >= 0.6 is 12.4 Å². The first-order valence-corrected chi connectivity index (χ1v) is 5.37. The first-order chi connectivity index (χ1) is 7.49. The van der Waals surface area contributed by atoms with Gasteiger partial charge in [-0.2, -0.15) is 0 Å². The fourth-order valence-electron chi connectivity index (χ4n) is 1.60. The van der Waals surface area contributed by atoms with Gasteiger partial charge in [-0.3, -0.25) is 0 Å². The lowest BCUT2D eigenvalue weighted by molar-refractivity contribution is 0.132. The molecule has 0 aliphatic carbocycles. The molecule has 0 aliphatic rings. The SMILES string of the molecule is CCC[C@H](O)[C@H](N)c1ccc(C)c(F)c1F.Cl. The number of benzene rings is 1. The Morgan fingerprint density at radius 1 is 1.29 bits per heavy atom. The molecule has 17 heavy (non-hydrogen) atoms. The van der Waals surface area contributed by atoms with Crippen molar-refractivity contribution in [1.29, 1.82) is 0 Å². The molecule has 0 heterocycles. The molecule has 0 unspecified atom stereocenters. The molecule has 0 amide bonds. The van der Waals surface area contributed by atoms with Gasteiger partial charge in [0.2, 0.25) is 0 Å². The molecule has 0 radical (unpaired) electrons. The molecule has 5 heteroatoms. The van der Waals surface area contributed by atoms with E-state index in [-0.39, 0.29) is 23.5 Å². The Morgan fingerprint density at radius 2 is 1.88 bits per heavy atom. The molecule has 1 aromatic carbocycles. The normalized spacial score (nSPS) is 14.0. The Balaban J connectivity index is 0.00000256. The molecule has 98 valence electrons. The molecular formula is C12H18ClF2NO.